The van der Waals surface area contributed by atoms with Gasteiger partial charge in [0.05, 0.1) is 0 Å². The SMILES string of the molecule is O=[N+]([O-])C1C=[C]CCC1. The van der Waals surface area contributed by atoms with Gasteiger partial charge in [-0.1, -0.05) is 0 Å². The first kappa shape index (κ1) is 6.26. The number of nitrogens with zero attached hydrogens (tertiary/aromatic N) is 1. The fourth-order valence-electron chi connectivity index (χ4n) is 0.882. The molecule has 3 nitrogen and oxygen atoms in total. The molecule has 1 atom stereocenters. The molecule has 1 rings (SSSR count). The molecular weight excluding hydrogens is 118 g/mol. The zero-order valence-corrected chi connectivity index (χ0v) is 5.04. The van der Waals surface area contributed by atoms with Crippen LogP contribution in [0, 0.1) is 16.2 Å². The average molecular weight is 126 g/mol. The van der Waals surface area contributed by atoms with E-state index in [4.69, 9.17) is 0 Å². The van der Waals surface area contributed by atoms with E-state index in [2.05, 4.69) is 6.08 Å². The van der Waals surface area contributed by atoms with Gasteiger partial charge in [-0.05, 0) is 25.0 Å². The predicted molar refractivity (Wildman–Crippen MR) is 32.4 cm³/mol. The summed E-state index contributed by atoms with van der Waals surface area (Å²) in [4.78, 5) is 9.83. The monoisotopic (exact) mass is 126 g/mol. The summed E-state index contributed by atoms with van der Waals surface area (Å²) in [5.74, 6) is 0. The quantitative estimate of drug-likeness (QED) is 0.391. The van der Waals surface area contributed by atoms with Crippen molar-refractivity contribution in [3.05, 3.63) is 22.3 Å². The third-order valence-electron chi connectivity index (χ3n) is 1.40. The fourth-order valence-corrected chi connectivity index (χ4v) is 0.882. The first-order valence-electron chi connectivity index (χ1n) is 3.01. The summed E-state index contributed by atoms with van der Waals surface area (Å²) in [7, 11) is 0. The second-order valence-electron chi connectivity index (χ2n) is 2.12. The lowest BCUT2D eigenvalue weighted by Gasteiger charge is -2.06. The van der Waals surface area contributed by atoms with Crippen molar-refractivity contribution in [2.45, 2.75) is 25.3 Å². The van der Waals surface area contributed by atoms with E-state index < -0.39 is 6.04 Å². The Kier molecular flexibility index (Phi) is 1.82. The van der Waals surface area contributed by atoms with Gasteiger partial charge in [-0.3, -0.25) is 10.1 Å². The van der Waals surface area contributed by atoms with E-state index in [9.17, 15) is 10.1 Å². The molecule has 0 saturated carbocycles. The van der Waals surface area contributed by atoms with Crippen LogP contribution in [0.4, 0.5) is 0 Å². The Bertz CT molecular complexity index is 142. The van der Waals surface area contributed by atoms with Gasteiger partial charge in [0, 0.05) is 11.3 Å². The van der Waals surface area contributed by atoms with E-state index in [-0.39, 0.29) is 4.92 Å². The number of hydrogen-bond donors (Lipinski definition) is 0. The van der Waals surface area contributed by atoms with Gasteiger partial charge in [0.25, 0.3) is 0 Å². The molecule has 0 aromatic rings. The Morgan fingerprint density at radius 1 is 1.78 bits per heavy atom. The van der Waals surface area contributed by atoms with Crippen molar-refractivity contribution < 1.29 is 4.92 Å². The first-order chi connectivity index (χ1) is 4.30. The van der Waals surface area contributed by atoms with Gasteiger partial charge in [-0.25, -0.2) is 0 Å². The molecule has 49 valence electrons. The number of hydrogen-bond acceptors (Lipinski definition) is 2. The van der Waals surface area contributed by atoms with Crippen molar-refractivity contribution >= 4 is 0 Å². The highest BCUT2D eigenvalue weighted by molar-refractivity contribution is 4.87. The van der Waals surface area contributed by atoms with E-state index >= 15 is 0 Å². The lowest BCUT2D eigenvalue weighted by molar-refractivity contribution is -0.510. The molecule has 1 radical (unpaired) electrons. The molecule has 0 amide bonds. The van der Waals surface area contributed by atoms with Gasteiger partial charge < -0.3 is 0 Å². The highest BCUT2D eigenvalue weighted by atomic mass is 16.6. The average Bonchev–Trinajstić information content (AvgIpc) is 1.90. The molecule has 9 heavy (non-hydrogen) atoms. The largest absolute Gasteiger partial charge is 0.264 e. The van der Waals surface area contributed by atoms with Crippen molar-refractivity contribution in [1.82, 2.24) is 0 Å². The Hall–Kier alpha value is -0.860. The van der Waals surface area contributed by atoms with Crippen LogP contribution in [0.15, 0.2) is 6.08 Å². The van der Waals surface area contributed by atoms with Gasteiger partial charge in [0.2, 0.25) is 6.04 Å². The molecule has 0 aromatic carbocycles. The molecule has 1 unspecified atom stereocenters. The van der Waals surface area contributed by atoms with Crippen molar-refractivity contribution in [3.8, 4) is 0 Å². The minimum Gasteiger partial charge on any atom is -0.264 e. The molecule has 3 heteroatoms. The van der Waals surface area contributed by atoms with Crippen LogP contribution >= 0.6 is 0 Å². The molecule has 0 saturated heterocycles. The third-order valence-corrected chi connectivity index (χ3v) is 1.40. The summed E-state index contributed by atoms with van der Waals surface area (Å²) >= 11 is 0. The standard InChI is InChI=1S/C6H8NO2/c8-7(9)6-4-2-1-3-5-6/h5-6H,1-2,4H2. The normalized spacial score (nSPS) is 26.0. The molecule has 0 N–H and O–H groups in total. The van der Waals surface area contributed by atoms with Gasteiger partial charge in [0.1, 0.15) is 0 Å². The van der Waals surface area contributed by atoms with E-state index in [1.54, 1.807) is 6.08 Å². The molecule has 0 spiro atoms. The first-order valence-corrected chi connectivity index (χ1v) is 3.01. The van der Waals surface area contributed by atoms with Gasteiger partial charge in [0.15, 0.2) is 0 Å². The van der Waals surface area contributed by atoms with Crippen LogP contribution in [0.25, 0.3) is 0 Å². The zero-order chi connectivity index (χ0) is 6.69. The second kappa shape index (κ2) is 2.62. The minimum absolute atomic E-state index is 0.258. The van der Waals surface area contributed by atoms with Crippen molar-refractivity contribution in [2.75, 3.05) is 0 Å². The summed E-state index contributed by atoms with van der Waals surface area (Å²) in [6, 6.07) is -0.459. The Morgan fingerprint density at radius 2 is 2.56 bits per heavy atom. The van der Waals surface area contributed by atoms with Crippen LogP contribution < -0.4 is 0 Å². The highest BCUT2D eigenvalue weighted by Gasteiger charge is 2.17. The number of allylic oxidation sites excluding steroid dienone is 1. The van der Waals surface area contributed by atoms with Crippen LogP contribution in [-0.4, -0.2) is 11.0 Å². The summed E-state index contributed by atoms with van der Waals surface area (Å²) in [6.07, 6.45) is 6.87. The fraction of sp³-hybridized carbons (Fsp3) is 0.667. The zero-order valence-electron chi connectivity index (χ0n) is 5.04. The van der Waals surface area contributed by atoms with Crippen molar-refractivity contribution in [1.29, 1.82) is 0 Å². The number of nitro groups is 1. The van der Waals surface area contributed by atoms with Crippen LogP contribution in [0.1, 0.15) is 19.3 Å². The maximum Gasteiger partial charge on any atom is 0.231 e. The molecule has 0 aromatic heterocycles. The molecule has 0 bridgehead atoms. The minimum atomic E-state index is -0.459. The van der Waals surface area contributed by atoms with Gasteiger partial charge in [-0.15, -0.1) is 0 Å². The van der Waals surface area contributed by atoms with Crippen LogP contribution in [-0.2, 0) is 0 Å². The van der Waals surface area contributed by atoms with Gasteiger partial charge in [-0.2, -0.15) is 0 Å². The van der Waals surface area contributed by atoms with Crippen LogP contribution in [0.2, 0.25) is 0 Å². The Morgan fingerprint density at radius 3 is 2.89 bits per heavy atom. The van der Waals surface area contributed by atoms with Crippen molar-refractivity contribution in [2.24, 2.45) is 0 Å². The number of rotatable bonds is 1. The topological polar surface area (TPSA) is 43.1 Å². The van der Waals surface area contributed by atoms with E-state index in [0.29, 0.717) is 6.42 Å². The van der Waals surface area contributed by atoms with Crippen molar-refractivity contribution in [3.63, 3.8) is 0 Å². The molecule has 1 aliphatic carbocycles. The maximum atomic E-state index is 10.1. The predicted octanol–water partition coefficient (Wildman–Crippen LogP) is 1.17. The third kappa shape index (κ3) is 1.52. The lowest BCUT2D eigenvalue weighted by Crippen LogP contribution is -2.18. The smallest absolute Gasteiger partial charge is 0.231 e. The summed E-state index contributed by atoms with van der Waals surface area (Å²) in [5.41, 5.74) is 0. The van der Waals surface area contributed by atoms with Crippen LogP contribution in [0.5, 0.6) is 0 Å². The lowest BCUT2D eigenvalue weighted by atomic mass is 10.0. The van der Waals surface area contributed by atoms with E-state index in [1.807, 2.05) is 0 Å². The molecule has 0 aliphatic heterocycles. The molecule has 0 fully saturated rings. The maximum absolute atomic E-state index is 10.1. The van der Waals surface area contributed by atoms with Crippen LogP contribution in [0.3, 0.4) is 0 Å². The summed E-state index contributed by atoms with van der Waals surface area (Å²) in [5, 5.41) is 10.1. The second-order valence-corrected chi connectivity index (χ2v) is 2.12. The summed E-state index contributed by atoms with van der Waals surface area (Å²) < 4.78 is 0. The van der Waals surface area contributed by atoms with E-state index in [1.165, 1.54) is 0 Å². The molecule has 0 heterocycles. The van der Waals surface area contributed by atoms with E-state index in [0.717, 1.165) is 12.8 Å². The molecular formula is C6H8NO2. The van der Waals surface area contributed by atoms with Gasteiger partial charge >= 0.3 is 0 Å². The Labute approximate surface area is 53.5 Å². The molecule has 1 aliphatic rings. The summed E-state index contributed by atoms with van der Waals surface area (Å²) in [6.45, 7) is 0. The highest BCUT2D eigenvalue weighted by Crippen LogP contribution is 2.11. The Balaban J connectivity index is 2.50.